The SMILES string of the molecule is O=C(/C=C/c1cccc([N+](=O)[O-])c1)NCCCCC1CCN(C(=O)c2ccccc2)CC1. The van der Waals surface area contributed by atoms with Gasteiger partial charge in [0, 0.05) is 43.4 Å². The standard InChI is InChI=1S/C25H29N3O4/c29-24(13-12-21-8-6-11-23(19-21)28(31)32)26-16-5-4-7-20-14-17-27(18-15-20)25(30)22-9-2-1-3-10-22/h1-3,6,8-13,19-20H,4-5,7,14-18H2,(H,26,29)/b13-12+. The molecular weight excluding hydrogens is 406 g/mol. The molecule has 0 radical (unpaired) electrons. The molecule has 7 heteroatoms. The summed E-state index contributed by atoms with van der Waals surface area (Å²) >= 11 is 0. The van der Waals surface area contributed by atoms with Crippen molar-refractivity contribution >= 4 is 23.6 Å². The summed E-state index contributed by atoms with van der Waals surface area (Å²) in [6.45, 7) is 2.21. The molecule has 0 aliphatic carbocycles. The molecule has 0 unspecified atom stereocenters. The molecule has 32 heavy (non-hydrogen) atoms. The zero-order chi connectivity index (χ0) is 22.8. The molecular formula is C25H29N3O4. The van der Waals surface area contributed by atoms with E-state index in [1.54, 1.807) is 18.2 Å². The maximum absolute atomic E-state index is 12.5. The van der Waals surface area contributed by atoms with Crippen molar-refractivity contribution in [1.82, 2.24) is 10.2 Å². The third-order valence-corrected chi connectivity index (χ3v) is 5.77. The van der Waals surface area contributed by atoms with Gasteiger partial charge in [-0.05, 0) is 49.0 Å². The Kier molecular flexibility index (Phi) is 8.54. The quantitative estimate of drug-likeness (QED) is 0.273. The second-order valence-corrected chi connectivity index (χ2v) is 8.07. The van der Waals surface area contributed by atoms with Crippen LogP contribution in [0.25, 0.3) is 6.08 Å². The number of likely N-dealkylation sites (tertiary alicyclic amines) is 1. The number of nitro groups is 1. The van der Waals surface area contributed by atoms with Crippen molar-refractivity contribution in [2.75, 3.05) is 19.6 Å². The number of nitro benzene ring substituents is 1. The van der Waals surface area contributed by atoms with Gasteiger partial charge in [-0.1, -0.05) is 43.2 Å². The zero-order valence-corrected chi connectivity index (χ0v) is 18.1. The van der Waals surface area contributed by atoms with E-state index in [9.17, 15) is 19.7 Å². The lowest BCUT2D eigenvalue weighted by atomic mass is 9.91. The summed E-state index contributed by atoms with van der Waals surface area (Å²) in [5.74, 6) is 0.536. The normalized spacial score (nSPS) is 14.4. The lowest BCUT2D eigenvalue weighted by Gasteiger charge is -2.32. The molecule has 0 spiro atoms. The van der Waals surface area contributed by atoms with Crippen LogP contribution in [0.2, 0.25) is 0 Å². The van der Waals surface area contributed by atoms with Gasteiger partial charge in [0.2, 0.25) is 5.91 Å². The minimum atomic E-state index is -0.456. The summed E-state index contributed by atoms with van der Waals surface area (Å²) in [6.07, 6.45) is 8.07. The molecule has 0 saturated carbocycles. The highest BCUT2D eigenvalue weighted by atomic mass is 16.6. The van der Waals surface area contributed by atoms with Crippen molar-refractivity contribution in [2.45, 2.75) is 32.1 Å². The molecule has 0 aromatic heterocycles. The fraction of sp³-hybridized carbons (Fsp3) is 0.360. The first-order valence-electron chi connectivity index (χ1n) is 11.1. The van der Waals surface area contributed by atoms with Gasteiger partial charge >= 0.3 is 0 Å². The summed E-state index contributed by atoms with van der Waals surface area (Å²) in [5, 5.41) is 13.7. The van der Waals surface area contributed by atoms with Crippen LogP contribution < -0.4 is 5.32 Å². The largest absolute Gasteiger partial charge is 0.353 e. The summed E-state index contributed by atoms with van der Waals surface area (Å²) < 4.78 is 0. The molecule has 0 bridgehead atoms. The number of carbonyl (C=O) groups is 2. The van der Waals surface area contributed by atoms with Gasteiger partial charge in [0.15, 0.2) is 0 Å². The molecule has 2 amide bonds. The van der Waals surface area contributed by atoms with Gasteiger partial charge in [-0.3, -0.25) is 19.7 Å². The number of piperidine rings is 1. The monoisotopic (exact) mass is 435 g/mol. The number of unbranched alkanes of at least 4 members (excludes halogenated alkanes) is 1. The first-order chi connectivity index (χ1) is 15.5. The highest BCUT2D eigenvalue weighted by Gasteiger charge is 2.23. The van der Waals surface area contributed by atoms with Crippen molar-refractivity contribution < 1.29 is 14.5 Å². The topological polar surface area (TPSA) is 92.5 Å². The summed E-state index contributed by atoms with van der Waals surface area (Å²) in [6, 6.07) is 15.6. The van der Waals surface area contributed by atoms with Crippen LogP contribution in [-0.2, 0) is 4.79 Å². The second kappa shape index (κ2) is 11.8. The third kappa shape index (κ3) is 7.04. The number of amides is 2. The number of rotatable bonds is 9. The van der Waals surface area contributed by atoms with Gasteiger partial charge in [0.05, 0.1) is 4.92 Å². The number of hydrogen-bond donors (Lipinski definition) is 1. The van der Waals surface area contributed by atoms with Crippen molar-refractivity contribution in [3.05, 3.63) is 81.9 Å². The molecule has 1 fully saturated rings. The van der Waals surface area contributed by atoms with Gasteiger partial charge < -0.3 is 10.2 Å². The molecule has 168 valence electrons. The van der Waals surface area contributed by atoms with Crippen molar-refractivity contribution in [2.24, 2.45) is 5.92 Å². The highest BCUT2D eigenvalue weighted by molar-refractivity contribution is 5.94. The predicted molar refractivity (Wildman–Crippen MR) is 124 cm³/mol. The molecule has 1 saturated heterocycles. The molecule has 2 aromatic carbocycles. The Bertz CT molecular complexity index is 951. The van der Waals surface area contributed by atoms with Gasteiger partial charge in [-0.2, -0.15) is 0 Å². The molecule has 1 aliphatic heterocycles. The second-order valence-electron chi connectivity index (χ2n) is 8.07. The number of nitrogens with one attached hydrogen (secondary N) is 1. The summed E-state index contributed by atoms with van der Waals surface area (Å²) in [5.41, 5.74) is 1.37. The van der Waals surface area contributed by atoms with E-state index in [-0.39, 0.29) is 17.5 Å². The lowest BCUT2D eigenvalue weighted by Crippen LogP contribution is -2.38. The Morgan fingerprint density at radius 2 is 1.81 bits per heavy atom. The third-order valence-electron chi connectivity index (χ3n) is 5.77. The average Bonchev–Trinajstić information content (AvgIpc) is 2.83. The van der Waals surface area contributed by atoms with Crippen LogP contribution in [0, 0.1) is 16.0 Å². The van der Waals surface area contributed by atoms with E-state index in [0.29, 0.717) is 18.0 Å². The van der Waals surface area contributed by atoms with Gasteiger partial charge in [0.25, 0.3) is 11.6 Å². The van der Waals surface area contributed by atoms with E-state index in [1.165, 1.54) is 18.2 Å². The van der Waals surface area contributed by atoms with Crippen LogP contribution in [0.3, 0.4) is 0 Å². The van der Waals surface area contributed by atoms with Gasteiger partial charge in [-0.15, -0.1) is 0 Å². The van der Waals surface area contributed by atoms with Crippen LogP contribution in [0.15, 0.2) is 60.7 Å². The van der Waals surface area contributed by atoms with Crippen molar-refractivity contribution in [1.29, 1.82) is 0 Å². The molecule has 0 atom stereocenters. The molecule has 1 heterocycles. The van der Waals surface area contributed by atoms with E-state index >= 15 is 0 Å². The Morgan fingerprint density at radius 3 is 2.53 bits per heavy atom. The Morgan fingerprint density at radius 1 is 1.06 bits per heavy atom. The van der Waals surface area contributed by atoms with Crippen LogP contribution in [0.4, 0.5) is 5.69 Å². The predicted octanol–water partition coefficient (Wildman–Crippen LogP) is 4.45. The van der Waals surface area contributed by atoms with Gasteiger partial charge in [-0.25, -0.2) is 0 Å². The van der Waals surface area contributed by atoms with Crippen LogP contribution in [-0.4, -0.2) is 41.3 Å². The summed E-state index contributed by atoms with van der Waals surface area (Å²) in [7, 11) is 0. The number of carbonyl (C=O) groups excluding carboxylic acids is 2. The number of benzene rings is 2. The Balaban J connectivity index is 1.29. The summed E-state index contributed by atoms with van der Waals surface area (Å²) in [4.78, 5) is 36.7. The first kappa shape index (κ1) is 23.2. The molecule has 7 nitrogen and oxygen atoms in total. The smallest absolute Gasteiger partial charge is 0.270 e. The molecule has 2 aromatic rings. The van der Waals surface area contributed by atoms with E-state index < -0.39 is 4.92 Å². The number of hydrogen-bond acceptors (Lipinski definition) is 4. The van der Waals surface area contributed by atoms with Crippen LogP contribution >= 0.6 is 0 Å². The van der Waals surface area contributed by atoms with Crippen LogP contribution in [0.1, 0.15) is 48.0 Å². The number of nitrogens with zero attached hydrogens (tertiary/aromatic N) is 2. The van der Waals surface area contributed by atoms with E-state index in [0.717, 1.165) is 50.8 Å². The maximum atomic E-state index is 12.5. The first-order valence-corrected chi connectivity index (χ1v) is 11.1. The fourth-order valence-corrected chi connectivity index (χ4v) is 3.93. The van der Waals surface area contributed by atoms with E-state index in [1.807, 2.05) is 35.2 Å². The van der Waals surface area contributed by atoms with Crippen molar-refractivity contribution in [3.8, 4) is 0 Å². The van der Waals surface area contributed by atoms with Crippen molar-refractivity contribution in [3.63, 3.8) is 0 Å². The highest BCUT2D eigenvalue weighted by Crippen LogP contribution is 2.23. The van der Waals surface area contributed by atoms with E-state index in [4.69, 9.17) is 0 Å². The Hall–Kier alpha value is -3.48. The minimum Gasteiger partial charge on any atom is -0.353 e. The molecule has 3 rings (SSSR count). The molecule has 1 aliphatic rings. The van der Waals surface area contributed by atoms with Crippen LogP contribution in [0.5, 0.6) is 0 Å². The van der Waals surface area contributed by atoms with E-state index in [2.05, 4.69) is 5.32 Å². The fourth-order valence-electron chi connectivity index (χ4n) is 3.93. The number of non-ortho nitro benzene ring substituents is 1. The minimum absolute atomic E-state index is 0.00261. The zero-order valence-electron chi connectivity index (χ0n) is 18.1. The molecule has 1 N–H and O–H groups in total. The Labute approximate surface area is 188 Å². The lowest BCUT2D eigenvalue weighted by molar-refractivity contribution is -0.384. The maximum Gasteiger partial charge on any atom is 0.270 e. The average molecular weight is 436 g/mol. The van der Waals surface area contributed by atoms with Gasteiger partial charge in [0.1, 0.15) is 0 Å².